The Balaban J connectivity index is 1.88. The van der Waals surface area contributed by atoms with Crippen LogP contribution in [0.5, 0.6) is 0 Å². The lowest BCUT2D eigenvalue weighted by Crippen LogP contribution is -2.99. The smallest absolute Gasteiger partial charge is 0.294 e. The van der Waals surface area contributed by atoms with Crippen LogP contribution in [0.15, 0.2) is 36.9 Å². The van der Waals surface area contributed by atoms with Crippen molar-refractivity contribution in [2.45, 2.75) is 18.0 Å². The van der Waals surface area contributed by atoms with Gasteiger partial charge in [-0.1, -0.05) is 24.3 Å². The molecule has 2 N–H and O–H groups in total. The first-order valence-corrected chi connectivity index (χ1v) is 10.6. The highest BCUT2D eigenvalue weighted by Gasteiger charge is 2.74. The Labute approximate surface area is 163 Å². The van der Waals surface area contributed by atoms with Gasteiger partial charge in [-0.05, 0) is 18.1 Å². The molecule has 27 heavy (non-hydrogen) atoms. The van der Waals surface area contributed by atoms with Crippen LogP contribution in [0, 0.1) is 11.8 Å². The minimum Gasteiger partial charge on any atom is -0.326 e. The number of nitrogens with zero attached hydrogens (tertiary/aromatic N) is 2. The molecule has 0 bridgehead atoms. The Morgan fingerprint density at radius 3 is 2.70 bits per heavy atom. The SMILES string of the molecule is C=CCN1C(=O)[C@@]2([NH2+][C@@H](CCSC)[C@@H]3C(=O)N(C)C(=O)[C@H]32)c2ccccc21. The number of hydrogen-bond donors (Lipinski definition) is 1. The molecule has 1 spiro atoms. The van der Waals surface area contributed by atoms with Gasteiger partial charge in [-0.15, -0.1) is 6.58 Å². The van der Waals surface area contributed by atoms with Gasteiger partial charge in [0.15, 0.2) is 0 Å². The summed E-state index contributed by atoms with van der Waals surface area (Å²) in [7, 11) is 1.54. The van der Waals surface area contributed by atoms with E-state index in [1.807, 2.05) is 35.8 Å². The molecule has 0 radical (unpaired) electrons. The lowest BCUT2D eigenvalue weighted by Gasteiger charge is -2.26. The maximum atomic E-state index is 13.7. The van der Waals surface area contributed by atoms with Crippen LogP contribution in [0.1, 0.15) is 12.0 Å². The number of nitrogens with two attached hydrogens (primary N) is 1. The van der Waals surface area contributed by atoms with E-state index in [9.17, 15) is 14.4 Å². The topological polar surface area (TPSA) is 74.3 Å². The molecule has 1 aromatic carbocycles. The van der Waals surface area contributed by atoms with Gasteiger partial charge >= 0.3 is 0 Å². The third-order valence-corrected chi connectivity index (χ3v) is 6.85. The number of amides is 3. The predicted molar refractivity (Wildman–Crippen MR) is 104 cm³/mol. The molecular weight excluding hydrogens is 362 g/mol. The summed E-state index contributed by atoms with van der Waals surface area (Å²) in [4.78, 5) is 42.5. The molecular formula is C20H24N3O3S+. The fourth-order valence-electron chi connectivity index (χ4n) is 5.09. The van der Waals surface area contributed by atoms with Gasteiger partial charge in [-0.25, -0.2) is 0 Å². The number of thioether (sulfide) groups is 1. The van der Waals surface area contributed by atoms with Gasteiger partial charge in [-0.2, -0.15) is 11.8 Å². The number of para-hydroxylation sites is 1. The second-order valence-electron chi connectivity index (χ2n) is 7.44. The molecule has 7 heteroatoms. The highest BCUT2D eigenvalue weighted by atomic mass is 32.2. The van der Waals surface area contributed by atoms with E-state index in [0.717, 1.165) is 23.4 Å². The van der Waals surface area contributed by atoms with Crippen LogP contribution in [-0.4, -0.2) is 54.3 Å². The van der Waals surface area contributed by atoms with E-state index in [1.165, 1.54) is 11.9 Å². The average Bonchev–Trinajstić information content (AvgIpc) is 3.22. The van der Waals surface area contributed by atoms with Crippen molar-refractivity contribution in [3.05, 3.63) is 42.5 Å². The molecule has 2 fully saturated rings. The summed E-state index contributed by atoms with van der Waals surface area (Å²) in [6.07, 6.45) is 4.50. The minimum atomic E-state index is -1.05. The third-order valence-electron chi connectivity index (χ3n) is 6.21. The molecule has 3 aliphatic rings. The molecule has 0 saturated carbocycles. The first-order chi connectivity index (χ1) is 13.0. The van der Waals surface area contributed by atoms with Gasteiger partial charge in [0.25, 0.3) is 5.91 Å². The minimum absolute atomic E-state index is 0.0791. The molecule has 3 heterocycles. The van der Waals surface area contributed by atoms with E-state index in [4.69, 9.17) is 0 Å². The van der Waals surface area contributed by atoms with Crippen LogP contribution in [0.4, 0.5) is 5.69 Å². The van der Waals surface area contributed by atoms with Gasteiger partial charge < -0.3 is 10.2 Å². The fraction of sp³-hybridized carbons (Fsp3) is 0.450. The van der Waals surface area contributed by atoms with Crippen LogP contribution in [0.3, 0.4) is 0 Å². The van der Waals surface area contributed by atoms with Crippen LogP contribution < -0.4 is 10.2 Å². The number of benzene rings is 1. The number of imide groups is 1. The Morgan fingerprint density at radius 2 is 2.00 bits per heavy atom. The zero-order valence-electron chi connectivity index (χ0n) is 15.6. The Hall–Kier alpha value is -2.12. The maximum absolute atomic E-state index is 13.7. The van der Waals surface area contributed by atoms with Crippen molar-refractivity contribution >= 4 is 35.2 Å². The number of quaternary nitrogens is 1. The second-order valence-corrected chi connectivity index (χ2v) is 8.43. The summed E-state index contributed by atoms with van der Waals surface area (Å²) < 4.78 is 0. The molecule has 0 aliphatic carbocycles. The highest BCUT2D eigenvalue weighted by Crippen LogP contribution is 2.51. The number of carbonyl (C=O) groups excluding carboxylic acids is 3. The van der Waals surface area contributed by atoms with E-state index in [0.29, 0.717) is 6.54 Å². The van der Waals surface area contributed by atoms with Crippen LogP contribution in [0.25, 0.3) is 0 Å². The standard InChI is InChI=1S/C20H23N3O3S/c1-4-10-23-14-8-6-5-7-12(14)20(19(23)26)16-15(13(21-20)9-11-27-3)17(24)22(2)18(16)25/h4-8,13,15-16,21H,1,9-11H2,2-3H3/p+1/t13-,15-,16-,20+/m0/s1. The number of rotatable bonds is 5. The highest BCUT2D eigenvalue weighted by molar-refractivity contribution is 7.98. The van der Waals surface area contributed by atoms with Crippen molar-refractivity contribution < 1.29 is 19.7 Å². The zero-order valence-corrected chi connectivity index (χ0v) is 16.4. The number of carbonyl (C=O) groups is 3. The average molecular weight is 386 g/mol. The monoisotopic (exact) mass is 386 g/mol. The van der Waals surface area contributed by atoms with E-state index in [2.05, 4.69) is 6.58 Å². The van der Waals surface area contributed by atoms with E-state index < -0.39 is 17.4 Å². The predicted octanol–water partition coefficient (Wildman–Crippen LogP) is 0.344. The molecule has 3 aliphatic heterocycles. The molecule has 0 aromatic heterocycles. The number of hydrogen-bond acceptors (Lipinski definition) is 4. The second kappa shape index (κ2) is 6.49. The van der Waals surface area contributed by atoms with Crippen LogP contribution in [-0.2, 0) is 19.9 Å². The molecule has 4 rings (SSSR count). The molecule has 4 atom stereocenters. The van der Waals surface area contributed by atoms with Crippen molar-refractivity contribution in [3.8, 4) is 0 Å². The number of likely N-dealkylation sites (tertiary alicyclic amines) is 1. The summed E-state index contributed by atoms with van der Waals surface area (Å²) in [6, 6.07) is 7.55. The molecule has 6 nitrogen and oxygen atoms in total. The third kappa shape index (κ3) is 2.28. The van der Waals surface area contributed by atoms with Gasteiger partial charge in [0.1, 0.15) is 17.9 Å². The van der Waals surface area contributed by atoms with Crippen LogP contribution in [0.2, 0.25) is 0 Å². The molecule has 2 saturated heterocycles. The van der Waals surface area contributed by atoms with Crippen LogP contribution >= 0.6 is 11.8 Å². The van der Waals surface area contributed by atoms with Gasteiger partial charge in [-0.3, -0.25) is 19.3 Å². The van der Waals surface area contributed by atoms with Gasteiger partial charge in [0.2, 0.25) is 17.4 Å². The Morgan fingerprint density at radius 1 is 1.26 bits per heavy atom. The number of fused-ring (bicyclic) bond motifs is 4. The maximum Gasteiger partial charge on any atom is 0.294 e. The molecule has 1 aromatic rings. The lowest BCUT2D eigenvalue weighted by molar-refractivity contribution is -0.733. The molecule has 3 amide bonds. The summed E-state index contributed by atoms with van der Waals surface area (Å²) in [5.74, 6) is -0.715. The summed E-state index contributed by atoms with van der Waals surface area (Å²) in [6.45, 7) is 4.16. The van der Waals surface area contributed by atoms with Gasteiger partial charge in [0.05, 0.1) is 5.69 Å². The van der Waals surface area contributed by atoms with E-state index in [1.54, 1.807) is 22.7 Å². The fourth-order valence-corrected chi connectivity index (χ4v) is 5.59. The first kappa shape index (κ1) is 18.3. The Kier molecular flexibility index (Phi) is 4.39. The summed E-state index contributed by atoms with van der Waals surface area (Å²) in [5, 5.41) is 2.02. The summed E-state index contributed by atoms with van der Waals surface area (Å²) in [5.41, 5.74) is 0.609. The van der Waals surface area contributed by atoms with Crippen molar-refractivity contribution in [1.82, 2.24) is 4.90 Å². The quantitative estimate of drug-likeness (QED) is 0.585. The summed E-state index contributed by atoms with van der Waals surface area (Å²) >= 11 is 1.71. The van der Waals surface area contributed by atoms with Crippen molar-refractivity contribution in [3.63, 3.8) is 0 Å². The number of anilines is 1. The zero-order chi connectivity index (χ0) is 19.3. The van der Waals surface area contributed by atoms with Crippen molar-refractivity contribution in [1.29, 1.82) is 0 Å². The Bertz CT molecular complexity index is 842. The van der Waals surface area contributed by atoms with E-state index in [-0.39, 0.29) is 23.8 Å². The largest absolute Gasteiger partial charge is 0.326 e. The van der Waals surface area contributed by atoms with E-state index >= 15 is 0 Å². The molecule has 0 unspecified atom stereocenters. The van der Waals surface area contributed by atoms with Crippen molar-refractivity contribution in [2.75, 3.05) is 30.5 Å². The molecule has 142 valence electrons. The van der Waals surface area contributed by atoms with Crippen molar-refractivity contribution in [2.24, 2.45) is 11.8 Å². The first-order valence-electron chi connectivity index (χ1n) is 9.17. The normalized spacial score (nSPS) is 31.8. The van der Waals surface area contributed by atoms with Gasteiger partial charge in [0, 0.05) is 25.6 Å². The lowest BCUT2D eigenvalue weighted by atomic mass is 9.76.